The molecule has 0 saturated carbocycles. The monoisotopic (exact) mass is 372 g/mol. The Morgan fingerprint density at radius 2 is 1.68 bits per heavy atom. The van der Waals surface area contributed by atoms with Gasteiger partial charge in [-0.1, -0.05) is 53.5 Å². The van der Waals surface area contributed by atoms with Gasteiger partial charge in [-0.2, -0.15) is 4.98 Å². The van der Waals surface area contributed by atoms with Gasteiger partial charge < -0.3 is 10.6 Å². The molecule has 0 amide bonds. The van der Waals surface area contributed by atoms with Crippen molar-refractivity contribution in [1.29, 1.82) is 0 Å². The quantitative estimate of drug-likeness (QED) is 0.575. The van der Waals surface area contributed by atoms with Gasteiger partial charge in [0, 0.05) is 22.7 Å². The van der Waals surface area contributed by atoms with Gasteiger partial charge in [-0.05, 0) is 32.0 Å². The molecule has 1 aromatic heterocycles. The van der Waals surface area contributed by atoms with E-state index in [9.17, 15) is 0 Å². The summed E-state index contributed by atoms with van der Waals surface area (Å²) in [5, 5.41) is 7.65. The molecule has 25 heavy (non-hydrogen) atoms. The van der Waals surface area contributed by atoms with E-state index in [0.717, 1.165) is 11.3 Å². The van der Waals surface area contributed by atoms with E-state index in [4.69, 9.17) is 23.2 Å². The van der Waals surface area contributed by atoms with Crippen molar-refractivity contribution in [3.63, 3.8) is 0 Å². The lowest BCUT2D eigenvalue weighted by Crippen LogP contribution is -2.13. The highest BCUT2D eigenvalue weighted by molar-refractivity contribution is 6.35. The van der Waals surface area contributed by atoms with Crippen LogP contribution in [0.15, 0.2) is 54.6 Å². The van der Waals surface area contributed by atoms with E-state index in [-0.39, 0.29) is 6.04 Å². The molecule has 0 aliphatic rings. The number of halogens is 2. The molecule has 2 N–H and O–H groups in total. The van der Waals surface area contributed by atoms with E-state index in [1.54, 1.807) is 18.2 Å². The van der Waals surface area contributed by atoms with Crippen molar-refractivity contribution >= 4 is 40.7 Å². The summed E-state index contributed by atoms with van der Waals surface area (Å²) in [5.41, 5.74) is 2.53. The average Bonchev–Trinajstić information content (AvgIpc) is 2.58. The van der Waals surface area contributed by atoms with Gasteiger partial charge in [0.1, 0.15) is 5.82 Å². The largest absolute Gasteiger partial charge is 0.352 e. The summed E-state index contributed by atoms with van der Waals surface area (Å²) in [6, 6.07) is 17.3. The molecule has 0 aliphatic heterocycles. The molecule has 2 aromatic carbocycles. The van der Waals surface area contributed by atoms with Gasteiger partial charge in [-0.15, -0.1) is 0 Å². The normalized spacial score (nSPS) is 10.8. The molecule has 0 aliphatic carbocycles. The van der Waals surface area contributed by atoms with E-state index in [1.807, 2.05) is 50.2 Å². The van der Waals surface area contributed by atoms with Crippen molar-refractivity contribution in [2.45, 2.75) is 19.9 Å². The lowest BCUT2D eigenvalue weighted by atomic mass is 10.1. The maximum atomic E-state index is 6.25. The zero-order valence-electron chi connectivity index (χ0n) is 13.9. The minimum absolute atomic E-state index is 0.216. The fraction of sp³-hybridized carbons (Fsp3) is 0.158. The third-order valence-corrected chi connectivity index (χ3v) is 3.97. The van der Waals surface area contributed by atoms with Crippen LogP contribution in [0.2, 0.25) is 10.0 Å². The second kappa shape index (κ2) is 7.72. The lowest BCUT2D eigenvalue weighted by molar-refractivity contribution is 0.876. The molecule has 128 valence electrons. The van der Waals surface area contributed by atoms with Crippen LogP contribution < -0.4 is 10.6 Å². The number of hydrogen-bond acceptors (Lipinski definition) is 4. The molecular weight excluding hydrogens is 355 g/mol. The number of nitrogens with zero attached hydrogens (tertiary/aromatic N) is 2. The lowest BCUT2D eigenvalue weighted by Gasteiger charge is -2.14. The van der Waals surface area contributed by atoms with E-state index >= 15 is 0 Å². The molecule has 0 atom stereocenters. The minimum Gasteiger partial charge on any atom is -0.352 e. The average molecular weight is 373 g/mol. The van der Waals surface area contributed by atoms with Crippen molar-refractivity contribution in [2.75, 3.05) is 10.6 Å². The Labute approximate surface area is 157 Å². The number of benzene rings is 2. The fourth-order valence-electron chi connectivity index (χ4n) is 2.32. The summed E-state index contributed by atoms with van der Waals surface area (Å²) >= 11 is 12.3. The van der Waals surface area contributed by atoms with Crippen LogP contribution >= 0.6 is 23.2 Å². The summed E-state index contributed by atoms with van der Waals surface area (Å²) in [5.74, 6) is 1.19. The van der Waals surface area contributed by atoms with Crippen LogP contribution in [0, 0.1) is 0 Å². The summed E-state index contributed by atoms with van der Waals surface area (Å²) < 4.78 is 0. The second-order valence-electron chi connectivity index (χ2n) is 5.88. The van der Waals surface area contributed by atoms with Gasteiger partial charge >= 0.3 is 0 Å². The van der Waals surface area contributed by atoms with Crippen LogP contribution in [0.5, 0.6) is 0 Å². The zero-order valence-corrected chi connectivity index (χ0v) is 15.4. The molecule has 0 saturated heterocycles. The van der Waals surface area contributed by atoms with Gasteiger partial charge in [-0.25, -0.2) is 4.98 Å². The topological polar surface area (TPSA) is 49.8 Å². The minimum atomic E-state index is 0.216. The van der Waals surface area contributed by atoms with Crippen LogP contribution in [0.3, 0.4) is 0 Å². The Bertz CT molecular complexity index is 867. The van der Waals surface area contributed by atoms with Crippen molar-refractivity contribution < 1.29 is 0 Å². The smallest absolute Gasteiger partial charge is 0.225 e. The predicted molar refractivity (Wildman–Crippen MR) is 106 cm³/mol. The number of rotatable bonds is 5. The Hall–Kier alpha value is -2.30. The molecule has 6 heteroatoms. The van der Waals surface area contributed by atoms with Gasteiger partial charge in [0.05, 0.1) is 16.4 Å². The van der Waals surface area contributed by atoms with E-state index in [2.05, 4.69) is 20.6 Å². The van der Waals surface area contributed by atoms with Crippen LogP contribution in [0.1, 0.15) is 13.8 Å². The molecule has 3 aromatic rings. The third kappa shape index (κ3) is 4.62. The summed E-state index contributed by atoms with van der Waals surface area (Å²) in [4.78, 5) is 9.13. The van der Waals surface area contributed by atoms with Crippen molar-refractivity contribution in [3.8, 4) is 11.3 Å². The maximum Gasteiger partial charge on any atom is 0.225 e. The van der Waals surface area contributed by atoms with E-state index in [0.29, 0.717) is 27.5 Å². The van der Waals surface area contributed by atoms with Gasteiger partial charge in [0.2, 0.25) is 5.95 Å². The highest BCUT2D eigenvalue weighted by Crippen LogP contribution is 2.29. The molecule has 1 heterocycles. The van der Waals surface area contributed by atoms with Crippen LogP contribution in [0.25, 0.3) is 11.3 Å². The molecule has 3 rings (SSSR count). The Balaban J connectivity index is 2.01. The predicted octanol–water partition coefficient (Wildman–Crippen LogP) is 6.01. The summed E-state index contributed by atoms with van der Waals surface area (Å²) in [6.45, 7) is 4.08. The summed E-state index contributed by atoms with van der Waals surface area (Å²) in [6.07, 6.45) is 0. The van der Waals surface area contributed by atoms with Crippen LogP contribution in [0.4, 0.5) is 17.5 Å². The molecule has 0 unspecified atom stereocenters. The first-order valence-electron chi connectivity index (χ1n) is 7.94. The number of nitrogens with one attached hydrogen (secondary N) is 2. The molecule has 0 bridgehead atoms. The molecule has 0 radical (unpaired) electrons. The highest BCUT2D eigenvalue weighted by Gasteiger charge is 2.09. The first-order chi connectivity index (χ1) is 12.0. The maximum absolute atomic E-state index is 6.25. The second-order valence-corrected chi connectivity index (χ2v) is 6.72. The van der Waals surface area contributed by atoms with Crippen molar-refractivity contribution in [2.24, 2.45) is 0 Å². The van der Waals surface area contributed by atoms with E-state index in [1.165, 1.54) is 0 Å². The first-order valence-corrected chi connectivity index (χ1v) is 8.70. The van der Waals surface area contributed by atoms with Gasteiger partial charge in [-0.3, -0.25) is 0 Å². The van der Waals surface area contributed by atoms with Crippen LogP contribution in [-0.4, -0.2) is 16.0 Å². The Morgan fingerprint density at radius 1 is 0.920 bits per heavy atom. The van der Waals surface area contributed by atoms with Crippen molar-refractivity contribution in [1.82, 2.24) is 9.97 Å². The number of hydrogen-bond donors (Lipinski definition) is 2. The standard InChI is InChI=1S/C19H18Cl2N4/c1-12(2)22-19-24-16(13-6-4-3-5-7-13)11-18(25-19)23-17-10-14(20)8-9-15(17)21/h3-12H,1-2H3,(H2,22,23,24,25). The van der Waals surface area contributed by atoms with Gasteiger partial charge in [0.15, 0.2) is 0 Å². The molecule has 0 fully saturated rings. The van der Waals surface area contributed by atoms with Gasteiger partial charge in [0.25, 0.3) is 0 Å². The third-order valence-electron chi connectivity index (χ3n) is 3.40. The summed E-state index contributed by atoms with van der Waals surface area (Å²) in [7, 11) is 0. The van der Waals surface area contributed by atoms with Crippen molar-refractivity contribution in [3.05, 3.63) is 64.6 Å². The zero-order chi connectivity index (χ0) is 17.8. The Kier molecular flexibility index (Phi) is 5.41. The Morgan fingerprint density at radius 3 is 2.40 bits per heavy atom. The highest BCUT2D eigenvalue weighted by atomic mass is 35.5. The number of anilines is 3. The van der Waals surface area contributed by atoms with Crippen LogP contribution in [-0.2, 0) is 0 Å². The molecular formula is C19H18Cl2N4. The SMILES string of the molecule is CC(C)Nc1nc(Nc2cc(Cl)ccc2Cl)cc(-c2ccccc2)n1. The van der Waals surface area contributed by atoms with E-state index < -0.39 is 0 Å². The number of aromatic nitrogens is 2. The first kappa shape index (κ1) is 17.5. The fourth-order valence-corrected chi connectivity index (χ4v) is 2.66. The molecule has 4 nitrogen and oxygen atoms in total. The molecule has 0 spiro atoms.